The second-order valence-electron chi connectivity index (χ2n) is 4.74. The maximum atomic E-state index is 12.4. The number of nitrogens with one attached hydrogen (secondary N) is 1. The highest BCUT2D eigenvalue weighted by Gasteiger charge is 2.14. The van der Waals surface area contributed by atoms with Gasteiger partial charge in [0.15, 0.2) is 0 Å². The number of benzene rings is 1. The molecule has 0 fully saturated rings. The molecule has 0 saturated heterocycles. The van der Waals surface area contributed by atoms with Gasteiger partial charge in [-0.15, -0.1) is 0 Å². The van der Waals surface area contributed by atoms with E-state index in [1.807, 2.05) is 35.8 Å². The van der Waals surface area contributed by atoms with Crippen LogP contribution in [0.5, 0.6) is 5.75 Å². The number of amides is 1. The smallest absolute Gasteiger partial charge is 0.272 e. The van der Waals surface area contributed by atoms with Crippen LogP contribution in [0.25, 0.3) is 0 Å². The van der Waals surface area contributed by atoms with Crippen molar-refractivity contribution in [3.8, 4) is 5.75 Å². The van der Waals surface area contributed by atoms with E-state index in [0.29, 0.717) is 29.4 Å². The SMILES string of the molecule is CCCn1cc(N)cc1C(=O)Nc1ccccc1OCC. The lowest BCUT2D eigenvalue weighted by molar-refractivity contribution is 0.101. The highest BCUT2D eigenvalue weighted by atomic mass is 16.5. The van der Waals surface area contributed by atoms with Crippen LogP contribution in [-0.2, 0) is 6.54 Å². The summed E-state index contributed by atoms with van der Waals surface area (Å²) in [4.78, 5) is 12.4. The molecule has 2 rings (SSSR count). The molecule has 5 nitrogen and oxygen atoms in total. The number of nitrogens with two attached hydrogens (primary N) is 1. The van der Waals surface area contributed by atoms with Gasteiger partial charge >= 0.3 is 0 Å². The Kier molecular flexibility index (Phi) is 4.87. The van der Waals surface area contributed by atoms with Crippen LogP contribution in [0.2, 0.25) is 0 Å². The molecule has 0 saturated carbocycles. The van der Waals surface area contributed by atoms with E-state index in [2.05, 4.69) is 12.2 Å². The molecule has 0 spiro atoms. The van der Waals surface area contributed by atoms with Gasteiger partial charge in [-0.05, 0) is 31.5 Å². The third-order valence-electron chi connectivity index (χ3n) is 3.05. The van der Waals surface area contributed by atoms with E-state index in [1.165, 1.54) is 0 Å². The number of carbonyl (C=O) groups excluding carboxylic acids is 1. The molecule has 2 aromatic rings. The lowest BCUT2D eigenvalue weighted by atomic mass is 10.2. The Balaban J connectivity index is 2.22. The van der Waals surface area contributed by atoms with Crippen molar-refractivity contribution in [3.05, 3.63) is 42.2 Å². The summed E-state index contributed by atoms with van der Waals surface area (Å²) in [6, 6.07) is 9.07. The van der Waals surface area contributed by atoms with Gasteiger partial charge in [-0.25, -0.2) is 0 Å². The van der Waals surface area contributed by atoms with Crippen LogP contribution < -0.4 is 15.8 Å². The molecule has 21 heavy (non-hydrogen) atoms. The lowest BCUT2D eigenvalue weighted by Gasteiger charge is -2.12. The van der Waals surface area contributed by atoms with Crippen LogP contribution in [-0.4, -0.2) is 17.1 Å². The minimum Gasteiger partial charge on any atom is -0.492 e. The monoisotopic (exact) mass is 287 g/mol. The molecular formula is C16H21N3O2. The Bertz CT molecular complexity index is 620. The predicted molar refractivity (Wildman–Crippen MR) is 84.7 cm³/mol. The van der Waals surface area contributed by atoms with Gasteiger partial charge in [-0.3, -0.25) is 4.79 Å². The summed E-state index contributed by atoms with van der Waals surface area (Å²) in [5, 5.41) is 2.88. The largest absolute Gasteiger partial charge is 0.492 e. The summed E-state index contributed by atoms with van der Waals surface area (Å²) < 4.78 is 7.38. The quantitative estimate of drug-likeness (QED) is 0.857. The van der Waals surface area contributed by atoms with Gasteiger partial charge in [0.05, 0.1) is 18.0 Å². The first-order valence-corrected chi connectivity index (χ1v) is 7.14. The molecule has 0 aliphatic heterocycles. The molecule has 0 aliphatic rings. The van der Waals surface area contributed by atoms with Crippen molar-refractivity contribution in [3.63, 3.8) is 0 Å². The average molecular weight is 287 g/mol. The molecular weight excluding hydrogens is 266 g/mol. The van der Waals surface area contributed by atoms with Crippen molar-refractivity contribution in [1.82, 2.24) is 4.57 Å². The highest BCUT2D eigenvalue weighted by Crippen LogP contribution is 2.24. The number of nitrogen functional groups attached to an aromatic ring is 1. The number of hydrogen-bond donors (Lipinski definition) is 2. The van der Waals surface area contributed by atoms with E-state index in [1.54, 1.807) is 12.3 Å². The van der Waals surface area contributed by atoms with Crippen LogP contribution >= 0.6 is 0 Å². The molecule has 0 atom stereocenters. The Labute approximate surface area is 124 Å². The van der Waals surface area contributed by atoms with E-state index in [-0.39, 0.29) is 5.91 Å². The van der Waals surface area contributed by atoms with Crippen molar-refractivity contribution in [2.75, 3.05) is 17.7 Å². The summed E-state index contributed by atoms with van der Waals surface area (Å²) in [6.45, 7) is 5.27. The van der Waals surface area contributed by atoms with E-state index in [9.17, 15) is 4.79 Å². The Hall–Kier alpha value is -2.43. The van der Waals surface area contributed by atoms with Crippen LogP contribution in [0.4, 0.5) is 11.4 Å². The van der Waals surface area contributed by atoms with Crippen molar-refractivity contribution in [1.29, 1.82) is 0 Å². The number of nitrogens with zero attached hydrogens (tertiary/aromatic N) is 1. The van der Waals surface area contributed by atoms with E-state index >= 15 is 0 Å². The standard InChI is InChI=1S/C16H21N3O2/c1-3-9-19-11-12(17)10-14(19)16(20)18-13-7-5-6-8-15(13)21-4-2/h5-8,10-11H,3-4,9,17H2,1-2H3,(H,18,20). The normalized spacial score (nSPS) is 10.4. The fourth-order valence-electron chi connectivity index (χ4n) is 2.19. The molecule has 1 amide bonds. The molecule has 0 aliphatic carbocycles. The molecule has 0 unspecified atom stereocenters. The fraction of sp³-hybridized carbons (Fsp3) is 0.312. The summed E-state index contributed by atoms with van der Waals surface area (Å²) >= 11 is 0. The van der Waals surface area contributed by atoms with Gasteiger partial charge in [0.25, 0.3) is 5.91 Å². The number of ether oxygens (including phenoxy) is 1. The first-order valence-electron chi connectivity index (χ1n) is 7.14. The molecule has 1 heterocycles. The number of carbonyl (C=O) groups is 1. The van der Waals surface area contributed by atoms with E-state index in [4.69, 9.17) is 10.5 Å². The number of anilines is 2. The second-order valence-corrected chi connectivity index (χ2v) is 4.74. The Morgan fingerprint density at radius 2 is 2.10 bits per heavy atom. The molecule has 1 aromatic carbocycles. The summed E-state index contributed by atoms with van der Waals surface area (Å²) in [5.74, 6) is 0.474. The zero-order valence-electron chi connectivity index (χ0n) is 12.4. The zero-order chi connectivity index (χ0) is 15.2. The van der Waals surface area contributed by atoms with E-state index < -0.39 is 0 Å². The molecule has 0 bridgehead atoms. The van der Waals surface area contributed by atoms with Crippen molar-refractivity contribution in [2.45, 2.75) is 26.8 Å². The van der Waals surface area contributed by atoms with Crippen LogP contribution in [0.15, 0.2) is 36.5 Å². The third kappa shape index (κ3) is 3.56. The zero-order valence-corrected chi connectivity index (χ0v) is 12.4. The minimum absolute atomic E-state index is 0.188. The number of aromatic nitrogens is 1. The lowest BCUT2D eigenvalue weighted by Crippen LogP contribution is -2.17. The highest BCUT2D eigenvalue weighted by molar-refractivity contribution is 6.04. The van der Waals surface area contributed by atoms with Crippen LogP contribution in [0.1, 0.15) is 30.8 Å². The van der Waals surface area contributed by atoms with Crippen LogP contribution in [0.3, 0.4) is 0 Å². The van der Waals surface area contributed by atoms with E-state index in [0.717, 1.165) is 13.0 Å². The molecule has 0 radical (unpaired) electrons. The van der Waals surface area contributed by atoms with Gasteiger partial charge in [0, 0.05) is 12.7 Å². The first kappa shape index (κ1) is 15.0. The maximum Gasteiger partial charge on any atom is 0.272 e. The minimum atomic E-state index is -0.188. The summed E-state index contributed by atoms with van der Waals surface area (Å²) in [7, 11) is 0. The number of aryl methyl sites for hydroxylation is 1. The fourth-order valence-corrected chi connectivity index (χ4v) is 2.19. The second kappa shape index (κ2) is 6.83. The number of rotatable bonds is 6. The van der Waals surface area contributed by atoms with Gasteiger partial charge in [0.2, 0.25) is 0 Å². The van der Waals surface area contributed by atoms with Crippen LogP contribution in [0, 0.1) is 0 Å². The molecule has 3 N–H and O–H groups in total. The van der Waals surface area contributed by atoms with Crippen molar-refractivity contribution >= 4 is 17.3 Å². The van der Waals surface area contributed by atoms with Gasteiger partial charge in [-0.2, -0.15) is 0 Å². The Morgan fingerprint density at radius 1 is 1.33 bits per heavy atom. The van der Waals surface area contributed by atoms with Crippen molar-refractivity contribution in [2.24, 2.45) is 0 Å². The summed E-state index contributed by atoms with van der Waals surface area (Å²) in [5.41, 5.74) is 7.60. The first-order chi connectivity index (χ1) is 10.2. The van der Waals surface area contributed by atoms with Crippen molar-refractivity contribution < 1.29 is 9.53 Å². The van der Waals surface area contributed by atoms with Gasteiger partial charge in [0.1, 0.15) is 11.4 Å². The molecule has 5 heteroatoms. The Morgan fingerprint density at radius 3 is 2.81 bits per heavy atom. The molecule has 1 aromatic heterocycles. The topological polar surface area (TPSA) is 69.3 Å². The summed E-state index contributed by atoms with van der Waals surface area (Å²) in [6.07, 6.45) is 2.72. The third-order valence-corrected chi connectivity index (χ3v) is 3.05. The predicted octanol–water partition coefficient (Wildman–Crippen LogP) is 3.13. The van der Waals surface area contributed by atoms with Gasteiger partial charge < -0.3 is 20.4 Å². The average Bonchev–Trinajstić information content (AvgIpc) is 2.83. The number of para-hydroxylation sites is 2. The molecule has 112 valence electrons. The van der Waals surface area contributed by atoms with Gasteiger partial charge in [-0.1, -0.05) is 19.1 Å². The number of hydrogen-bond acceptors (Lipinski definition) is 3. The maximum absolute atomic E-state index is 12.4.